The fourth-order valence-electron chi connectivity index (χ4n) is 4.54. The summed E-state index contributed by atoms with van der Waals surface area (Å²) in [6.45, 7) is 8.23. The van der Waals surface area contributed by atoms with E-state index in [1.807, 2.05) is 24.3 Å². The Morgan fingerprint density at radius 1 is 1.09 bits per heavy atom. The second-order valence-electron chi connectivity index (χ2n) is 9.04. The molecule has 2 aliphatic heterocycles. The van der Waals surface area contributed by atoms with Crippen LogP contribution in [0.1, 0.15) is 44.2 Å². The van der Waals surface area contributed by atoms with Crippen LogP contribution in [0.4, 0.5) is 5.69 Å². The van der Waals surface area contributed by atoms with E-state index in [4.69, 9.17) is 4.74 Å². The van der Waals surface area contributed by atoms with Crippen LogP contribution in [0.5, 0.6) is 5.75 Å². The Bertz CT molecular complexity index is 944. The summed E-state index contributed by atoms with van der Waals surface area (Å²) < 4.78 is 5.65. The summed E-state index contributed by atoms with van der Waals surface area (Å²) in [4.78, 5) is 29.1. The van der Waals surface area contributed by atoms with E-state index >= 15 is 0 Å². The first-order valence-corrected chi connectivity index (χ1v) is 11.6. The predicted octanol–water partition coefficient (Wildman–Crippen LogP) is 3.74. The summed E-state index contributed by atoms with van der Waals surface area (Å²) in [5.41, 5.74) is 3.12. The summed E-state index contributed by atoms with van der Waals surface area (Å²) in [5, 5.41) is 2.98. The van der Waals surface area contributed by atoms with Crippen LogP contribution in [0.15, 0.2) is 48.5 Å². The van der Waals surface area contributed by atoms with Gasteiger partial charge in [-0.05, 0) is 55.5 Å². The number of ether oxygens (including phenoxy) is 1. The Hall–Kier alpha value is -2.86. The molecule has 1 N–H and O–H groups in total. The van der Waals surface area contributed by atoms with E-state index in [2.05, 4.69) is 41.4 Å². The summed E-state index contributed by atoms with van der Waals surface area (Å²) in [7, 11) is 0. The molecule has 0 aromatic heterocycles. The minimum atomic E-state index is -0.542. The van der Waals surface area contributed by atoms with Gasteiger partial charge in [-0.25, -0.2) is 0 Å². The number of amides is 2. The van der Waals surface area contributed by atoms with Crippen LogP contribution < -0.4 is 15.0 Å². The van der Waals surface area contributed by atoms with Crippen LogP contribution in [0.3, 0.4) is 0 Å². The van der Waals surface area contributed by atoms with Crippen LogP contribution in [0.25, 0.3) is 0 Å². The largest absolute Gasteiger partial charge is 0.479 e. The third-order valence-electron chi connectivity index (χ3n) is 6.30. The lowest BCUT2D eigenvalue weighted by molar-refractivity contribution is -0.125. The van der Waals surface area contributed by atoms with Crippen molar-refractivity contribution in [3.05, 3.63) is 59.7 Å². The molecule has 0 radical (unpaired) electrons. The van der Waals surface area contributed by atoms with Crippen LogP contribution in [0, 0.1) is 5.92 Å². The molecule has 2 amide bonds. The molecule has 0 saturated carbocycles. The molecule has 6 heteroatoms. The molecule has 2 aromatic rings. The average Bonchev–Trinajstić information content (AvgIpc) is 2.79. The topological polar surface area (TPSA) is 61.9 Å². The van der Waals surface area contributed by atoms with Crippen molar-refractivity contribution in [1.82, 2.24) is 10.2 Å². The van der Waals surface area contributed by atoms with Gasteiger partial charge in [0.1, 0.15) is 5.75 Å². The number of rotatable bonds is 7. The van der Waals surface area contributed by atoms with E-state index in [9.17, 15) is 9.59 Å². The second kappa shape index (κ2) is 10.2. The number of carbonyl (C=O) groups excluding carboxylic acids is 2. The normalized spacial score (nSPS) is 21.1. The van der Waals surface area contributed by atoms with E-state index in [1.54, 1.807) is 11.8 Å². The van der Waals surface area contributed by atoms with Crippen molar-refractivity contribution < 1.29 is 14.3 Å². The molecule has 170 valence electrons. The minimum Gasteiger partial charge on any atom is -0.479 e. The Kier molecular flexibility index (Phi) is 7.10. The minimum absolute atomic E-state index is 0.0687. The van der Waals surface area contributed by atoms with Gasteiger partial charge in [-0.2, -0.15) is 0 Å². The molecule has 4 rings (SSSR count). The summed E-state index contributed by atoms with van der Waals surface area (Å²) in [6, 6.07) is 15.9. The predicted molar refractivity (Wildman–Crippen MR) is 125 cm³/mol. The van der Waals surface area contributed by atoms with Gasteiger partial charge >= 0.3 is 0 Å². The fourth-order valence-corrected chi connectivity index (χ4v) is 4.54. The zero-order valence-corrected chi connectivity index (χ0v) is 19.0. The molecule has 0 bridgehead atoms. The first-order chi connectivity index (χ1) is 15.5. The third kappa shape index (κ3) is 5.49. The van der Waals surface area contributed by atoms with E-state index in [0.29, 0.717) is 18.8 Å². The van der Waals surface area contributed by atoms with Crippen LogP contribution >= 0.6 is 0 Å². The highest BCUT2D eigenvalue weighted by Crippen LogP contribution is 2.33. The van der Waals surface area contributed by atoms with Crippen molar-refractivity contribution >= 4 is 17.5 Å². The number of nitrogens with zero attached hydrogens (tertiary/aromatic N) is 2. The molecule has 2 unspecified atom stereocenters. The molecule has 2 heterocycles. The van der Waals surface area contributed by atoms with Crippen LogP contribution in [-0.4, -0.2) is 42.5 Å². The molecular weight excluding hydrogens is 402 g/mol. The number of piperidine rings is 1. The zero-order valence-electron chi connectivity index (χ0n) is 19.0. The second-order valence-corrected chi connectivity index (χ2v) is 9.04. The number of fused-ring (bicyclic) bond motifs is 1. The Labute approximate surface area is 190 Å². The number of hydrogen-bond donors (Lipinski definition) is 1. The monoisotopic (exact) mass is 435 g/mol. The lowest BCUT2D eigenvalue weighted by Crippen LogP contribution is -2.45. The SMILES string of the molecule is CC1CCCN(Cc2ccc(CNC(=O)CCN3C(=O)C(C)Oc4ccccc43)cc2)C1. The number of carbonyl (C=O) groups is 2. The molecule has 1 saturated heterocycles. The van der Waals surface area contributed by atoms with E-state index in [0.717, 1.165) is 23.7 Å². The maximum absolute atomic E-state index is 12.5. The highest BCUT2D eigenvalue weighted by atomic mass is 16.5. The van der Waals surface area contributed by atoms with Crippen LogP contribution in [0.2, 0.25) is 0 Å². The van der Waals surface area contributed by atoms with Gasteiger partial charge in [-0.15, -0.1) is 0 Å². The standard InChI is InChI=1S/C26H33N3O3/c1-19-6-5-14-28(17-19)18-22-11-9-21(10-12-22)16-27-25(30)13-15-29-23-7-3-4-8-24(23)32-20(2)26(29)31/h3-4,7-12,19-20H,5-6,13-18H2,1-2H3,(H,27,30). The van der Waals surface area contributed by atoms with Gasteiger partial charge in [0.25, 0.3) is 5.91 Å². The Balaban J connectivity index is 1.25. The molecular formula is C26H33N3O3. The maximum Gasteiger partial charge on any atom is 0.267 e. The molecule has 1 fully saturated rings. The third-order valence-corrected chi connectivity index (χ3v) is 6.30. The van der Waals surface area contributed by atoms with Crippen molar-refractivity contribution in [2.45, 2.75) is 52.3 Å². The number of likely N-dealkylation sites (tertiary alicyclic amines) is 1. The van der Waals surface area contributed by atoms with E-state index in [-0.39, 0.29) is 18.2 Å². The maximum atomic E-state index is 12.5. The van der Waals surface area contributed by atoms with Gasteiger partial charge in [0.15, 0.2) is 6.10 Å². The molecule has 0 aliphatic carbocycles. The van der Waals surface area contributed by atoms with E-state index < -0.39 is 6.10 Å². The molecule has 2 aliphatic rings. The van der Waals surface area contributed by atoms with Gasteiger partial charge in [0.2, 0.25) is 5.91 Å². The van der Waals surface area contributed by atoms with Gasteiger partial charge in [0.05, 0.1) is 5.69 Å². The quantitative estimate of drug-likeness (QED) is 0.720. The average molecular weight is 436 g/mol. The summed E-state index contributed by atoms with van der Waals surface area (Å²) >= 11 is 0. The van der Waals surface area contributed by atoms with Crippen molar-refractivity contribution in [1.29, 1.82) is 0 Å². The zero-order chi connectivity index (χ0) is 22.5. The van der Waals surface area contributed by atoms with Crippen LogP contribution in [-0.2, 0) is 22.7 Å². The molecule has 2 aromatic carbocycles. The van der Waals surface area contributed by atoms with Crippen molar-refractivity contribution in [2.24, 2.45) is 5.92 Å². The van der Waals surface area contributed by atoms with Crippen molar-refractivity contribution in [2.75, 3.05) is 24.5 Å². The van der Waals surface area contributed by atoms with Gasteiger partial charge < -0.3 is 15.0 Å². The highest BCUT2D eigenvalue weighted by molar-refractivity contribution is 6.00. The molecule has 2 atom stereocenters. The van der Waals surface area contributed by atoms with Crippen molar-refractivity contribution in [3.8, 4) is 5.75 Å². The van der Waals surface area contributed by atoms with E-state index in [1.165, 1.54) is 31.5 Å². The molecule has 32 heavy (non-hydrogen) atoms. The first-order valence-electron chi connectivity index (χ1n) is 11.6. The number of para-hydroxylation sites is 2. The van der Waals surface area contributed by atoms with Gasteiger partial charge in [0, 0.05) is 32.6 Å². The van der Waals surface area contributed by atoms with Gasteiger partial charge in [-0.3, -0.25) is 14.5 Å². The lowest BCUT2D eigenvalue weighted by Gasteiger charge is -2.32. The number of benzene rings is 2. The highest BCUT2D eigenvalue weighted by Gasteiger charge is 2.31. The first kappa shape index (κ1) is 22.3. The number of nitrogens with one attached hydrogen (secondary N) is 1. The summed E-state index contributed by atoms with van der Waals surface area (Å²) in [5.74, 6) is 1.28. The molecule has 6 nitrogen and oxygen atoms in total. The number of anilines is 1. The Morgan fingerprint density at radius 3 is 2.62 bits per heavy atom. The number of hydrogen-bond acceptors (Lipinski definition) is 4. The lowest BCUT2D eigenvalue weighted by atomic mass is 9.99. The Morgan fingerprint density at radius 2 is 1.84 bits per heavy atom. The smallest absolute Gasteiger partial charge is 0.267 e. The fraction of sp³-hybridized carbons (Fsp3) is 0.462. The summed E-state index contributed by atoms with van der Waals surface area (Å²) in [6.07, 6.45) is 2.32. The molecule has 0 spiro atoms. The van der Waals surface area contributed by atoms with Gasteiger partial charge in [-0.1, -0.05) is 43.3 Å². The van der Waals surface area contributed by atoms with Crippen molar-refractivity contribution in [3.63, 3.8) is 0 Å².